The fourth-order valence-corrected chi connectivity index (χ4v) is 3.17. The average Bonchev–Trinajstić information content (AvgIpc) is 2.87. The van der Waals surface area contributed by atoms with Gasteiger partial charge in [-0.25, -0.2) is 0 Å². The molecule has 0 aromatic heterocycles. The highest BCUT2D eigenvalue weighted by Crippen LogP contribution is 2.40. The van der Waals surface area contributed by atoms with Gasteiger partial charge in [0.15, 0.2) is 0 Å². The van der Waals surface area contributed by atoms with Gasteiger partial charge in [0.2, 0.25) is 0 Å². The third-order valence-corrected chi connectivity index (χ3v) is 4.04. The molecule has 3 rings (SSSR count). The number of hydrogen-bond acceptors (Lipinski definition) is 3. The second kappa shape index (κ2) is 4.26. The van der Waals surface area contributed by atoms with E-state index in [2.05, 4.69) is 0 Å². The highest BCUT2D eigenvalue weighted by atomic mass is 16.5. The molecule has 2 aliphatic rings. The normalized spacial score (nSPS) is 24.9. The lowest BCUT2D eigenvalue weighted by atomic mass is 9.83. The number of methoxy groups -OCH3 is 1. The van der Waals surface area contributed by atoms with E-state index in [-0.39, 0.29) is 11.9 Å². The zero-order valence-corrected chi connectivity index (χ0v) is 10.6. The van der Waals surface area contributed by atoms with Crippen LogP contribution < -0.4 is 4.74 Å². The monoisotopic (exact) mass is 261 g/mol. The van der Waals surface area contributed by atoms with Crippen molar-refractivity contribution in [2.24, 2.45) is 0 Å². The molecule has 2 unspecified atom stereocenters. The van der Waals surface area contributed by atoms with Crippen molar-refractivity contribution in [3.63, 3.8) is 0 Å². The van der Waals surface area contributed by atoms with Crippen LogP contribution in [0.3, 0.4) is 0 Å². The van der Waals surface area contributed by atoms with E-state index in [0.29, 0.717) is 23.4 Å². The summed E-state index contributed by atoms with van der Waals surface area (Å²) in [6.07, 6.45) is 1.62. The first-order valence-electron chi connectivity index (χ1n) is 6.35. The molecule has 100 valence electrons. The molecule has 0 radical (unpaired) electrons. The van der Waals surface area contributed by atoms with Gasteiger partial charge in [-0.1, -0.05) is 6.07 Å². The number of aliphatic carboxylic acids is 1. The summed E-state index contributed by atoms with van der Waals surface area (Å²) in [6, 6.07) is 4.86. The largest absolute Gasteiger partial charge is 0.497 e. The van der Waals surface area contributed by atoms with Crippen LogP contribution in [0.1, 0.15) is 34.7 Å². The summed E-state index contributed by atoms with van der Waals surface area (Å²) in [7, 11) is 1.53. The van der Waals surface area contributed by atoms with E-state index < -0.39 is 11.9 Å². The fourth-order valence-electron chi connectivity index (χ4n) is 3.17. The molecule has 1 saturated heterocycles. The van der Waals surface area contributed by atoms with Crippen molar-refractivity contribution in [3.8, 4) is 5.75 Å². The first-order chi connectivity index (χ1) is 9.13. The minimum atomic E-state index is -0.865. The summed E-state index contributed by atoms with van der Waals surface area (Å²) in [5.41, 5.74) is 1.08. The van der Waals surface area contributed by atoms with Gasteiger partial charge in [0.1, 0.15) is 11.7 Å². The van der Waals surface area contributed by atoms with Crippen LogP contribution in [-0.4, -0.2) is 41.6 Å². The molecule has 0 bridgehead atoms. The van der Waals surface area contributed by atoms with Gasteiger partial charge in [-0.15, -0.1) is 0 Å². The summed E-state index contributed by atoms with van der Waals surface area (Å²) < 4.78 is 5.12. The first-order valence-corrected chi connectivity index (χ1v) is 6.35. The number of fused-ring (bicyclic) bond motifs is 2. The van der Waals surface area contributed by atoms with Gasteiger partial charge >= 0.3 is 5.97 Å². The maximum Gasteiger partial charge on any atom is 0.313 e. The predicted octanol–water partition coefficient (Wildman–Crippen LogP) is 1.48. The molecule has 0 aliphatic carbocycles. The first kappa shape index (κ1) is 12.0. The van der Waals surface area contributed by atoms with E-state index in [1.165, 1.54) is 7.11 Å². The van der Waals surface area contributed by atoms with Crippen LogP contribution in [0.25, 0.3) is 0 Å². The van der Waals surface area contributed by atoms with Crippen molar-refractivity contribution in [2.75, 3.05) is 13.7 Å². The van der Waals surface area contributed by atoms with Gasteiger partial charge in [-0.3, -0.25) is 9.59 Å². The molecule has 1 aromatic carbocycles. The van der Waals surface area contributed by atoms with Gasteiger partial charge in [0.25, 0.3) is 5.91 Å². The highest BCUT2D eigenvalue weighted by Gasteiger charge is 2.45. The third-order valence-electron chi connectivity index (χ3n) is 4.04. The van der Waals surface area contributed by atoms with Crippen molar-refractivity contribution in [2.45, 2.75) is 24.8 Å². The topological polar surface area (TPSA) is 66.8 Å². The van der Waals surface area contributed by atoms with Gasteiger partial charge in [-0.05, 0) is 30.5 Å². The van der Waals surface area contributed by atoms with Crippen molar-refractivity contribution in [1.82, 2.24) is 4.90 Å². The summed E-state index contributed by atoms with van der Waals surface area (Å²) in [4.78, 5) is 25.7. The number of carbonyl (C=O) groups excluding carboxylic acids is 1. The Morgan fingerprint density at radius 2 is 2.26 bits per heavy atom. The molecule has 19 heavy (non-hydrogen) atoms. The Morgan fingerprint density at radius 1 is 1.47 bits per heavy atom. The van der Waals surface area contributed by atoms with Crippen LogP contribution >= 0.6 is 0 Å². The lowest BCUT2D eigenvalue weighted by Crippen LogP contribution is -2.46. The number of amides is 1. The molecule has 1 amide bonds. The third kappa shape index (κ3) is 1.69. The van der Waals surface area contributed by atoms with Crippen molar-refractivity contribution in [1.29, 1.82) is 0 Å². The van der Waals surface area contributed by atoms with Gasteiger partial charge in [-0.2, -0.15) is 0 Å². The van der Waals surface area contributed by atoms with Gasteiger partial charge < -0.3 is 14.7 Å². The summed E-state index contributed by atoms with van der Waals surface area (Å²) in [5, 5.41) is 9.48. The Bertz CT molecular complexity index is 554. The Hall–Kier alpha value is -2.04. The van der Waals surface area contributed by atoms with Crippen molar-refractivity contribution >= 4 is 11.9 Å². The molecular formula is C14H15NO4. The van der Waals surface area contributed by atoms with Crippen LogP contribution in [0.2, 0.25) is 0 Å². The average molecular weight is 261 g/mol. The van der Waals surface area contributed by atoms with E-state index in [1.54, 1.807) is 23.1 Å². The van der Waals surface area contributed by atoms with E-state index in [4.69, 9.17) is 4.74 Å². The molecule has 2 heterocycles. The number of ether oxygens (including phenoxy) is 1. The van der Waals surface area contributed by atoms with Gasteiger partial charge in [0.05, 0.1) is 7.11 Å². The quantitative estimate of drug-likeness (QED) is 0.875. The van der Waals surface area contributed by atoms with Crippen LogP contribution in [0.5, 0.6) is 5.75 Å². The predicted molar refractivity (Wildman–Crippen MR) is 67.4 cm³/mol. The Morgan fingerprint density at radius 3 is 2.95 bits per heavy atom. The second-order valence-corrected chi connectivity index (χ2v) is 4.98. The number of rotatable bonds is 2. The van der Waals surface area contributed by atoms with Crippen LogP contribution in [0.4, 0.5) is 0 Å². The summed E-state index contributed by atoms with van der Waals surface area (Å²) in [5.74, 6) is -0.986. The minimum Gasteiger partial charge on any atom is -0.497 e. The number of benzene rings is 1. The molecular weight excluding hydrogens is 246 g/mol. The molecule has 1 aromatic rings. The number of nitrogens with zero attached hydrogens (tertiary/aromatic N) is 1. The molecule has 2 atom stereocenters. The second-order valence-electron chi connectivity index (χ2n) is 4.98. The minimum absolute atomic E-state index is 0.0751. The standard InChI is InChI=1S/C14H15NO4/c1-19-8-4-5-9-10(7-8)13(16)15-6-2-3-11(15)12(9)14(17)18/h4-5,7,11-12H,2-3,6H2,1H3,(H,17,18). The van der Waals surface area contributed by atoms with Crippen LogP contribution in [0.15, 0.2) is 18.2 Å². The Labute approximate surface area is 110 Å². The molecule has 2 aliphatic heterocycles. The molecule has 1 fully saturated rings. The Kier molecular flexibility index (Phi) is 2.69. The Balaban J connectivity index is 2.16. The zero-order valence-electron chi connectivity index (χ0n) is 10.6. The number of hydrogen-bond donors (Lipinski definition) is 1. The molecule has 1 N–H and O–H groups in total. The SMILES string of the molecule is COc1ccc2c(c1)C(=O)N1CCCC1C2C(=O)O. The smallest absolute Gasteiger partial charge is 0.313 e. The van der Waals surface area contributed by atoms with Gasteiger partial charge in [0, 0.05) is 18.2 Å². The molecule has 5 nitrogen and oxygen atoms in total. The number of carbonyl (C=O) groups is 2. The summed E-state index contributed by atoms with van der Waals surface area (Å²) >= 11 is 0. The maximum atomic E-state index is 12.4. The van der Waals surface area contributed by atoms with E-state index in [9.17, 15) is 14.7 Å². The van der Waals surface area contributed by atoms with E-state index in [1.807, 2.05) is 0 Å². The number of carboxylic acids is 1. The molecule has 5 heteroatoms. The van der Waals surface area contributed by atoms with Crippen molar-refractivity contribution in [3.05, 3.63) is 29.3 Å². The van der Waals surface area contributed by atoms with Crippen LogP contribution in [0, 0.1) is 0 Å². The van der Waals surface area contributed by atoms with E-state index in [0.717, 1.165) is 12.8 Å². The maximum absolute atomic E-state index is 12.4. The van der Waals surface area contributed by atoms with E-state index >= 15 is 0 Å². The molecule has 0 spiro atoms. The lowest BCUT2D eigenvalue weighted by Gasteiger charge is -2.35. The fraction of sp³-hybridized carbons (Fsp3) is 0.429. The highest BCUT2D eigenvalue weighted by molar-refractivity contribution is 6.00. The number of carboxylic acid groups (broad SMARTS) is 1. The molecule has 0 saturated carbocycles. The summed E-state index contributed by atoms with van der Waals surface area (Å²) in [6.45, 7) is 0.643. The lowest BCUT2D eigenvalue weighted by molar-refractivity contribution is -0.140. The van der Waals surface area contributed by atoms with Crippen LogP contribution in [-0.2, 0) is 4.79 Å². The zero-order chi connectivity index (χ0) is 13.6. The van der Waals surface area contributed by atoms with Crippen molar-refractivity contribution < 1.29 is 19.4 Å².